The Morgan fingerprint density at radius 3 is 2.36 bits per heavy atom. The van der Waals surface area contributed by atoms with E-state index in [0.29, 0.717) is 0 Å². The Morgan fingerprint density at radius 1 is 1.14 bits per heavy atom. The lowest BCUT2D eigenvalue weighted by Crippen LogP contribution is -2.58. The molecule has 14 heavy (non-hydrogen) atoms. The molecule has 0 atom stereocenters. The van der Waals surface area contributed by atoms with Gasteiger partial charge < -0.3 is 5.32 Å². The van der Waals surface area contributed by atoms with Crippen LogP contribution in [0.1, 0.15) is 39.0 Å². The van der Waals surface area contributed by atoms with Gasteiger partial charge >= 0.3 is 0 Å². The Bertz CT molecular complexity index is 160. The van der Waals surface area contributed by atoms with Gasteiger partial charge in [0.05, 0.1) is 0 Å². The summed E-state index contributed by atoms with van der Waals surface area (Å²) in [4.78, 5) is 2.69. The van der Waals surface area contributed by atoms with Crippen LogP contribution in [0.15, 0.2) is 0 Å². The summed E-state index contributed by atoms with van der Waals surface area (Å²) in [6.07, 6.45) is 7.40. The summed E-state index contributed by atoms with van der Waals surface area (Å²) < 4.78 is 0. The molecule has 1 heterocycles. The van der Waals surface area contributed by atoms with E-state index in [4.69, 9.17) is 0 Å². The van der Waals surface area contributed by atoms with E-state index >= 15 is 0 Å². The highest BCUT2D eigenvalue weighted by atomic mass is 15.2. The van der Waals surface area contributed by atoms with Gasteiger partial charge in [-0.3, -0.25) is 4.90 Å². The summed E-state index contributed by atoms with van der Waals surface area (Å²) in [6, 6.07) is 0.849. The summed E-state index contributed by atoms with van der Waals surface area (Å²) in [7, 11) is 0. The van der Waals surface area contributed by atoms with E-state index in [0.717, 1.165) is 12.0 Å². The molecule has 0 aromatic carbocycles. The van der Waals surface area contributed by atoms with Gasteiger partial charge in [-0.05, 0) is 25.3 Å². The van der Waals surface area contributed by atoms with Crippen LogP contribution in [-0.4, -0.2) is 37.1 Å². The van der Waals surface area contributed by atoms with Crippen molar-refractivity contribution in [2.45, 2.75) is 45.1 Å². The van der Waals surface area contributed by atoms with E-state index in [2.05, 4.69) is 17.1 Å². The van der Waals surface area contributed by atoms with Crippen LogP contribution in [0.5, 0.6) is 0 Å². The quantitative estimate of drug-likeness (QED) is 0.738. The Hall–Kier alpha value is -0.0800. The Kier molecular flexibility index (Phi) is 3.82. The Labute approximate surface area is 88.1 Å². The van der Waals surface area contributed by atoms with Gasteiger partial charge in [-0.1, -0.05) is 26.2 Å². The van der Waals surface area contributed by atoms with Crippen LogP contribution in [0.2, 0.25) is 0 Å². The third-order valence-corrected chi connectivity index (χ3v) is 3.90. The minimum Gasteiger partial charge on any atom is -0.314 e. The fourth-order valence-electron chi connectivity index (χ4n) is 2.77. The smallest absolute Gasteiger partial charge is 0.0345 e. The maximum absolute atomic E-state index is 3.37. The van der Waals surface area contributed by atoms with E-state index in [1.165, 1.54) is 58.3 Å². The van der Waals surface area contributed by atoms with Gasteiger partial charge in [0, 0.05) is 25.7 Å². The first-order valence-electron chi connectivity index (χ1n) is 6.35. The maximum atomic E-state index is 3.37. The summed E-state index contributed by atoms with van der Waals surface area (Å²) in [5, 5.41) is 3.37. The predicted octanol–water partition coefficient (Wildman–Crippen LogP) is 1.86. The fourth-order valence-corrected chi connectivity index (χ4v) is 2.77. The van der Waals surface area contributed by atoms with Gasteiger partial charge in [-0.2, -0.15) is 0 Å². The molecule has 1 saturated carbocycles. The Morgan fingerprint density at radius 2 is 1.86 bits per heavy atom. The van der Waals surface area contributed by atoms with Crippen molar-refractivity contribution < 1.29 is 0 Å². The number of nitrogens with zero attached hydrogens (tertiary/aromatic N) is 1. The summed E-state index contributed by atoms with van der Waals surface area (Å²) >= 11 is 0. The van der Waals surface area contributed by atoms with Crippen molar-refractivity contribution in [2.24, 2.45) is 5.92 Å². The van der Waals surface area contributed by atoms with Crippen molar-refractivity contribution in [3.63, 3.8) is 0 Å². The predicted molar refractivity (Wildman–Crippen MR) is 60.5 cm³/mol. The zero-order valence-corrected chi connectivity index (χ0v) is 9.47. The molecule has 1 saturated heterocycles. The van der Waals surface area contributed by atoms with Gasteiger partial charge in [0.2, 0.25) is 0 Å². The highest BCUT2D eigenvalue weighted by Crippen LogP contribution is 2.25. The molecule has 0 unspecified atom stereocenters. The average molecular weight is 196 g/mol. The molecule has 0 bridgehead atoms. The highest BCUT2D eigenvalue weighted by molar-refractivity contribution is 4.85. The molecule has 2 heteroatoms. The second-order valence-corrected chi connectivity index (χ2v) is 4.90. The molecule has 2 fully saturated rings. The first-order chi connectivity index (χ1) is 6.90. The topological polar surface area (TPSA) is 15.3 Å². The molecule has 1 N–H and O–H groups in total. The van der Waals surface area contributed by atoms with Gasteiger partial charge in [-0.25, -0.2) is 0 Å². The van der Waals surface area contributed by atoms with Crippen LogP contribution in [0.25, 0.3) is 0 Å². The molecule has 2 rings (SSSR count). The molecule has 0 aromatic heterocycles. The van der Waals surface area contributed by atoms with Gasteiger partial charge in [0.15, 0.2) is 0 Å². The first-order valence-corrected chi connectivity index (χ1v) is 6.35. The minimum atomic E-state index is 0.849. The van der Waals surface area contributed by atoms with E-state index in [1.54, 1.807) is 0 Å². The number of rotatable bonds is 4. The molecular formula is C12H24N2. The van der Waals surface area contributed by atoms with Crippen molar-refractivity contribution >= 4 is 0 Å². The van der Waals surface area contributed by atoms with Crippen LogP contribution < -0.4 is 5.32 Å². The largest absolute Gasteiger partial charge is 0.314 e. The molecule has 2 nitrogen and oxygen atoms in total. The fraction of sp³-hybridized carbons (Fsp3) is 1.00. The molecule has 82 valence electrons. The molecular weight excluding hydrogens is 172 g/mol. The van der Waals surface area contributed by atoms with Crippen LogP contribution in [-0.2, 0) is 0 Å². The van der Waals surface area contributed by atoms with E-state index in [9.17, 15) is 0 Å². The zero-order valence-electron chi connectivity index (χ0n) is 9.47. The van der Waals surface area contributed by atoms with Crippen LogP contribution in [0.3, 0.4) is 0 Å². The SMILES string of the molecule is CCN(CC1CCCCC1)C1CNC1. The number of hydrogen-bond acceptors (Lipinski definition) is 2. The summed E-state index contributed by atoms with van der Waals surface area (Å²) in [6.45, 7) is 7.36. The lowest BCUT2D eigenvalue weighted by Gasteiger charge is -2.40. The molecule has 0 aromatic rings. The normalized spacial score (nSPS) is 25.3. The van der Waals surface area contributed by atoms with Crippen molar-refractivity contribution in [3.8, 4) is 0 Å². The highest BCUT2D eigenvalue weighted by Gasteiger charge is 2.25. The van der Waals surface area contributed by atoms with Crippen LogP contribution >= 0.6 is 0 Å². The van der Waals surface area contributed by atoms with Gasteiger partial charge in [0.25, 0.3) is 0 Å². The van der Waals surface area contributed by atoms with E-state index < -0.39 is 0 Å². The second-order valence-electron chi connectivity index (χ2n) is 4.90. The standard InChI is InChI=1S/C12H24N2/c1-2-14(12-8-13-9-12)10-11-6-4-3-5-7-11/h11-13H,2-10H2,1H3. The van der Waals surface area contributed by atoms with Crippen molar-refractivity contribution in [1.82, 2.24) is 10.2 Å². The molecule has 0 radical (unpaired) electrons. The molecule has 1 aliphatic heterocycles. The summed E-state index contributed by atoms with van der Waals surface area (Å²) in [5.41, 5.74) is 0. The molecule has 2 aliphatic rings. The lowest BCUT2D eigenvalue weighted by atomic mass is 9.88. The van der Waals surface area contributed by atoms with E-state index in [-0.39, 0.29) is 0 Å². The molecule has 0 spiro atoms. The Balaban J connectivity index is 1.74. The van der Waals surface area contributed by atoms with Crippen molar-refractivity contribution in [2.75, 3.05) is 26.2 Å². The number of hydrogen-bond donors (Lipinski definition) is 1. The minimum absolute atomic E-state index is 0.849. The molecule has 1 aliphatic carbocycles. The number of likely N-dealkylation sites (N-methyl/N-ethyl adjacent to an activating group) is 1. The zero-order chi connectivity index (χ0) is 9.80. The number of nitrogens with one attached hydrogen (secondary N) is 1. The van der Waals surface area contributed by atoms with Crippen molar-refractivity contribution in [3.05, 3.63) is 0 Å². The van der Waals surface area contributed by atoms with Gasteiger partial charge in [0.1, 0.15) is 0 Å². The van der Waals surface area contributed by atoms with Gasteiger partial charge in [-0.15, -0.1) is 0 Å². The van der Waals surface area contributed by atoms with Crippen molar-refractivity contribution in [1.29, 1.82) is 0 Å². The lowest BCUT2D eigenvalue weighted by molar-refractivity contribution is 0.118. The third kappa shape index (κ3) is 2.48. The monoisotopic (exact) mass is 196 g/mol. The first kappa shape index (κ1) is 10.4. The average Bonchev–Trinajstić information content (AvgIpc) is 2.15. The maximum Gasteiger partial charge on any atom is 0.0345 e. The molecule has 0 amide bonds. The van der Waals surface area contributed by atoms with E-state index in [1.807, 2.05) is 0 Å². The van der Waals surface area contributed by atoms with Crippen LogP contribution in [0.4, 0.5) is 0 Å². The van der Waals surface area contributed by atoms with Crippen LogP contribution in [0, 0.1) is 5.92 Å². The summed E-state index contributed by atoms with van der Waals surface area (Å²) in [5.74, 6) is 1.00. The third-order valence-electron chi connectivity index (χ3n) is 3.90. The second kappa shape index (κ2) is 5.13.